The highest BCUT2D eigenvalue weighted by molar-refractivity contribution is 6.23. The SMILES string of the molecule is COC(=O)[C@@H]1CCCN1C(=O)[C@@H](NC(=O)[C@H](CC(N)=O)NC(=O)[C@H](Cc1cccc(C)c1)N1C(=O)c2ccccc2C1=O)C(C)C. The number of nitrogens with zero attached hydrogens (tertiary/aromatic N) is 2. The lowest BCUT2D eigenvalue weighted by atomic mass is 10.00. The quantitative estimate of drug-likeness (QED) is 0.227. The van der Waals surface area contributed by atoms with Crippen molar-refractivity contribution in [2.75, 3.05) is 13.7 Å². The van der Waals surface area contributed by atoms with Crippen molar-refractivity contribution >= 4 is 41.4 Å². The van der Waals surface area contributed by atoms with Crippen molar-refractivity contribution in [1.29, 1.82) is 0 Å². The molecule has 1 saturated heterocycles. The normalized spacial score (nSPS) is 17.7. The lowest BCUT2D eigenvalue weighted by Crippen LogP contribution is -2.60. The van der Waals surface area contributed by atoms with Crippen LogP contribution in [0.15, 0.2) is 48.5 Å². The molecule has 13 heteroatoms. The molecule has 1 fully saturated rings. The van der Waals surface area contributed by atoms with Crippen molar-refractivity contribution in [3.63, 3.8) is 0 Å². The maximum atomic E-state index is 14.0. The first kappa shape index (κ1) is 33.8. The van der Waals surface area contributed by atoms with E-state index in [0.717, 1.165) is 10.5 Å². The second kappa shape index (κ2) is 14.4. The number of likely N-dealkylation sites (tertiary alicyclic amines) is 1. The van der Waals surface area contributed by atoms with E-state index in [1.165, 1.54) is 24.1 Å². The molecule has 2 aliphatic heterocycles. The zero-order valence-electron chi connectivity index (χ0n) is 26.3. The standard InChI is InChI=1S/C33H39N5O8/c1-18(2)27(32(44)37-14-8-13-24(37)33(45)46-4)36-28(40)23(17-26(34)39)35-29(41)25(16-20-10-7-9-19(3)15-20)38-30(42)21-11-5-6-12-22(21)31(38)43/h5-7,9-12,15,18,23-25,27H,8,13-14,16-17H2,1-4H3,(H2,34,39)(H,35,41)(H,36,40)/t23-,24-,25-,27-/m0/s1. The molecular formula is C33H39N5O8. The number of nitrogens with one attached hydrogen (secondary N) is 2. The first-order valence-electron chi connectivity index (χ1n) is 15.1. The minimum Gasteiger partial charge on any atom is -0.467 e. The number of primary amides is 1. The van der Waals surface area contributed by atoms with Crippen LogP contribution in [0, 0.1) is 12.8 Å². The number of esters is 1. The van der Waals surface area contributed by atoms with Gasteiger partial charge in [0, 0.05) is 13.0 Å². The summed E-state index contributed by atoms with van der Waals surface area (Å²) in [5.41, 5.74) is 7.28. The number of ether oxygens (including phenoxy) is 1. The van der Waals surface area contributed by atoms with Gasteiger partial charge >= 0.3 is 5.97 Å². The maximum Gasteiger partial charge on any atom is 0.328 e. The molecule has 0 unspecified atom stereocenters. The van der Waals surface area contributed by atoms with Gasteiger partial charge in [-0.25, -0.2) is 4.79 Å². The van der Waals surface area contributed by atoms with E-state index in [9.17, 15) is 33.6 Å². The molecule has 2 heterocycles. The average Bonchev–Trinajstić information content (AvgIpc) is 3.60. The van der Waals surface area contributed by atoms with Crippen LogP contribution < -0.4 is 16.4 Å². The fourth-order valence-corrected chi connectivity index (χ4v) is 5.89. The molecule has 0 aliphatic carbocycles. The highest BCUT2D eigenvalue weighted by Crippen LogP contribution is 2.27. The van der Waals surface area contributed by atoms with E-state index >= 15 is 0 Å². The molecule has 4 rings (SSSR count). The molecule has 0 spiro atoms. The number of hydrogen-bond donors (Lipinski definition) is 3. The summed E-state index contributed by atoms with van der Waals surface area (Å²) in [6.07, 6.45) is 0.299. The number of carbonyl (C=O) groups excluding carboxylic acids is 7. The van der Waals surface area contributed by atoms with Crippen molar-refractivity contribution < 1.29 is 38.3 Å². The summed E-state index contributed by atoms with van der Waals surface area (Å²) < 4.78 is 4.84. The molecule has 244 valence electrons. The first-order valence-corrected chi connectivity index (χ1v) is 15.1. The molecule has 0 radical (unpaired) electrons. The van der Waals surface area contributed by atoms with Crippen LogP contribution in [0.5, 0.6) is 0 Å². The minimum atomic E-state index is -1.54. The van der Waals surface area contributed by atoms with Crippen molar-refractivity contribution in [3.05, 3.63) is 70.8 Å². The van der Waals surface area contributed by atoms with Crippen LogP contribution in [0.2, 0.25) is 0 Å². The van der Waals surface area contributed by atoms with Gasteiger partial charge < -0.3 is 26.0 Å². The highest BCUT2D eigenvalue weighted by Gasteiger charge is 2.44. The van der Waals surface area contributed by atoms with E-state index in [1.807, 2.05) is 19.1 Å². The van der Waals surface area contributed by atoms with Crippen molar-refractivity contribution in [3.8, 4) is 0 Å². The van der Waals surface area contributed by atoms with Crippen LogP contribution in [0.4, 0.5) is 0 Å². The van der Waals surface area contributed by atoms with Gasteiger partial charge in [-0.2, -0.15) is 0 Å². The van der Waals surface area contributed by atoms with Gasteiger partial charge in [-0.15, -0.1) is 0 Å². The second-order valence-corrected chi connectivity index (χ2v) is 11.9. The third-order valence-electron chi connectivity index (χ3n) is 8.23. The smallest absolute Gasteiger partial charge is 0.328 e. The van der Waals surface area contributed by atoms with Crippen molar-refractivity contribution in [1.82, 2.24) is 20.4 Å². The van der Waals surface area contributed by atoms with Gasteiger partial charge in [-0.1, -0.05) is 55.8 Å². The number of hydrogen-bond acceptors (Lipinski definition) is 8. The molecular weight excluding hydrogens is 594 g/mol. The number of imide groups is 1. The summed E-state index contributed by atoms with van der Waals surface area (Å²) in [4.78, 5) is 94.6. The third-order valence-corrected chi connectivity index (χ3v) is 8.23. The van der Waals surface area contributed by atoms with Gasteiger partial charge in [0.2, 0.25) is 23.6 Å². The summed E-state index contributed by atoms with van der Waals surface area (Å²) >= 11 is 0. The predicted octanol–water partition coefficient (Wildman–Crippen LogP) is 0.867. The maximum absolute atomic E-state index is 14.0. The van der Waals surface area contributed by atoms with E-state index in [1.54, 1.807) is 38.1 Å². The molecule has 2 aliphatic rings. The Morgan fingerprint density at radius 3 is 2.17 bits per heavy atom. The van der Waals surface area contributed by atoms with Crippen molar-refractivity contribution in [2.24, 2.45) is 11.7 Å². The summed E-state index contributed by atoms with van der Waals surface area (Å²) in [5.74, 6) is -5.49. The summed E-state index contributed by atoms with van der Waals surface area (Å²) in [6, 6.07) is 8.58. The Morgan fingerprint density at radius 2 is 1.61 bits per heavy atom. The highest BCUT2D eigenvalue weighted by atomic mass is 16.5. The number of benzene rings is 2. The average molecular weight is 634 g/mol. The van der Waals surface area contributed by atoms with Gasteiger partial charge in [0.05, 0.1) is 24.7 Å². The van der Waals surface area contributed by atoms with E-state index in [-0.39, 0.29) is 17.5 Å². The van der Waals surface area contributed by atoms with Gasteiger partial charge in [0.15, 0.2) is 0 Å². The first-order chi connectivity index (χ1) is 21.8. The van der Waals surface area contributed by atoms with E-state index in [4.69, 9.17) is 10.5 Å². The monoisotopic (exact) mass is 633 g/mol. The Balaban J connectivity index is 1.60. The van der Waals surface area contributed by atoms with Crippen molar-refractivity contribution in [2.45, 2.75) is 70.6 Å². The number of carbonyl (C=O) groups is 7. The largest absolute Gasteiger partial charge is 0.467 e. The lowest BCUT2D eigenvalue weighted by molar-refractivity contribution is -0.152. The zero-order chi connectivity index (χ0) is 33.7. The van der Waals surface area contributed by atoms with E-state index in [0.29, 0.717) is 24.9 Å². The molecule has 0 saturated carbocycles. The van der Waals surface area contributed by atoms with Crippen LogP contribution in [-0.4, -0.2) is 89.0 Å². The van der Waals surface area contributed by atoms with Crippen LogP contribution in [0.3, 0.4) is 0 Å². The van der Waals surface area contributed by atoms with Crippen LogP contribution in [0.25, 0.3) is 0 Å². The van der Waals surface area contributed by atoms with E-state index < -0.39 is 77.9 Å². The third kappa shape index (κ3) is 7.24. The fraction of sp³-hybridized carbons (Fsp3) is 0.424. The Labute approximate surface area is 266 Å². The molecule has 0 aromatic heterocycles. The number of methoxy groups -OCH3 is 1. The van der Waals surface area contributed by atoms with Gasteiger partial charge in [-0.3, -0.25) is 33.7 Å². The number of nitrogens with two attached hydrogens (primary N) is 1. The number of rotatable bonds is 12. The van der Waals surface area contributed by atoms with E-state index in [2.05, 4.69) is 10.6 Å². The Kier molecular flexibility index (Phi) is 10.6. The van der Waals surface area contributed by atoms with Gasteiger partial charge in [-0.05, 0) is 43.4 Å². The molecule has 46 heavy (non-hydrogen) atoms. The fourth-order valence-electron chi connectivity index (χ4n) is 5.89. The molecule has 13 nitrogen and oxygen atoms in total. The minimum absolute atomic E-state index is 0.0686. The molecule has 4 N–H and O–H groups in total. The molecule has 2 aromatic rings. The number of amides is 6. The zero-order valence-corrected chi connectivity index (χ0v) is 26.3. The Bertz CT molecular complexity index is 1520. The number of fused-ring (bicyclic) bond motifs is 1. The molecule has 0 bridgehead atoms. The Morgan fingerprint density at radius 1 is 0.957 bits per heavy atom. The summed E-state index contributed by atoms with van der Waals surface area (Å²) in [6.45, 7) is 5.55. The van der Waals surface area contributed by atoms with Crippen LogP contribution in [0.1, 0.15) is 65.0 Å². The molecule has 2 aromatic carbocycles. The lowest BCUT2D eigenvalue weighted by Gasteiger charge is -2.31. The van der Waals surface area contributed by atoms with Gasteiger partial charge in [0.1, 0.15) is 24.2 Å². The predicted molar refractivity (Wildman–Crippen MR) is 165 cm³/mol. The second-order valence-electron chi connectivity index (χ2n) is 11.9. The van der Waals surface area contributed by atoms with Crippen LogP contribution >= 0.6 is 0 Å². The molecule has 4 atom stereocenters. The topological polar surface area (TPSA) is 185 Å². The Hall–Kier alpha value is -5.07. The number of aryl methyl sites for hydroxylation is 1. The van der Waals surface area contributed by atoms with Crippen LogP contribution in [-0.2, 0) is 35.1 Å². The summed E-state index contributed by atoms with van der Waals surface area (Å²) in [7, 11) is 1.23. The van der Waals surface area contributed by atoms with Gasteiger partial charge in [0.25, 0.3) is 11.8 Å². The molecule has 6 amide bonds. The summed E-state index contributed by atoms with van der Waals surface area (Å²) in [5, 5.41) is 5.15.